The normalized spacial score (nSPS) is 21.6. The molecule has 1 amide bonds. The summed E-state index contributed by atoms with van der Waals surface area (Å²) in [5.74, 6) is 0.962. The maximum absolute atomic E-state index is 12.8. The molecule has 0 aliphatic carbocycles. The van der Waals surface area contributed by atoms with Gasteiger partial charge in [0, 0.05) is 43.3 Å². The minimum Gasteiger partial charge on any atom is -0.496 e. The fourth-order valence-corrected chi connectivity index (χ4v) is 4.20. The average molecular weight is 339 g/mol. The van der Waals surface area contributed by atoms with Crippen molar-refractivity contribution in [1.29, 1.82) is 0 Å². The molecule has 2 atom stereocenters. The number of rotatable bonds is 4. The first-order chi connectivity index (χ1) is 12.2. The number of fused-ring (bicyclic) bond motifs is 2. The summed E-state index contributed by atoms with van der Waals surface area (Å²) in [6.07, 6.45) is 4.31. The third-order valence-electron chi connectivity index (χ3n) is 5.51. The Morgan fingerprint density at radius 3 is 2.84 bits per heavy atom. The van der Waals surface area contributed by atoms with Crippen LogP contribution in [0.2, 0.25) is 0 Å². The first-order valence-corrected chi connectivity index (χ1v) is 9.08. The van der Waals surface area contributed by atoms with E-state index in [9.17, 15) is 4.79 Å². The number of aromatic nitrogens is 1. The molecular formula is C20H25N3O2. The Labute approximate surface area is 148 Å². The zero-order valence-corrected chi connectivity index (χ0v) is 15.1. The number of benzene rings is 1. The van der Waals surface area contributed by atoms with Crippen molar-refractivity contribution in [2.45, 2.75) is 26.4 Å². The molecule has 2 unspecified atom stereocenters. The van der Waals surface area contributed by atoms with Gasteiger partial charge in [0.05, 0.1) is 24.6 Å². The number of ether oxygens (including phenoxy) is 1. The van der Waals surface area contributed by atoms with Gasteiger partial charge < -0.3 is 19.5 Å². The van der Waals surface area contributed by atoms with E-state index in [1.165, 1.54) is 16.5 Å². The van der Waals surface area contributed by atoms with Crippen molar-refractivity contribution < 1.29 is 9.53 Å². The highest BCUT2D eigenvalue weighted by Crippen LogP contribution is 2.41. The van der Waals surface area contributed by atoms with E-state index in [1.54, 1.807) is 7.11 Å². The first-order valence-electron chi connectivity index (χ1n) is 9.08. The van der Waals surface area contributed by atoms with Crippen LogP contribution >= 0.6 is 0 Å². The Balaban J connectivity index is 1.83. The highest BCUT2D eigenvalue weighted by Gasteiger charge is 2.34. The van der Waals surface area contributed by atoms with Gasteiger partial charge in [0.15, 0.2) is 0 Å². The van der Waals surface area contributed by atoms with Crippen LogP contribution in [0, 0.1) is 5.92 Å². The van der Waals surface area contributed by atoms with E-state index in [0.29, 0.717) is 6.54 Å². The Hall–Kier alpha value is -2.27. The topological polar surface area (TPSA) is 46.5 Å². The standard InChI is InChI=1S/C20H25N3O2/c1-4-22(5-2)20(24)14-10-15-16(21-11-14)12-23-9-8-13-6-7-17(25-3)18(15)19(13)23/h6-10,14,16,21H,4-5,11-12H2,1-3H3. The number of carbonyl (C=O) groups is 1. The van der Waals surface area contributed by atoms with E-state index < -0.39 is 0 Å². The molecule has 0 bridgehead atoms. The van der Waals surface area contributed by atoms with E-state index in [4.69, 9.17) is 4.74 Å². The van der Waals surface area contributed by atoms with E-state index in [0.717, 1.165) is 30.9 Å². The van der Waals surface area contributed by atoms with Gasteiger partial charge in [0.25, 0.3) is 0 Å². The molecular weight excluding hydrogens is 314 g/mol. The number of methoxy groups -OCH3 is 1. The minimum absolute atomic E-state index is 0.118. The van der Waals surface area contributed by atoms with Crippen LogP contribution in [-0.4, -0.2) is 48.2 Å². The van der Waals surface area contributed by atoms with E-state index in [-0.39, 0.29) is 17.9 Å². The molecule has 5 nitrogen and oxygen atoms in total. The Morgan fingerprint density at radius 2 is 2.12 bits per heavy atom. The number of hydrogen-bond donors (Lipinski definition) is 1. The quantitative estimate of drug-likeness (QED) is 0.931. The zero-order chi connectivity index (χ0) is 17.6. The maximum atomic E-state index is 12.8. The summed E-state index contributed by atoms with van der Waals surface area (Å²) in [7, 11) is 1.71. The van der Waals surface area contributed by atoms with Gasteiger partial charge in [-0.1, -0.05) is 6.08 Å². The fourth-order valence-electron chi connectivity index (χ4n) is 4.20. The number of amides is 1. The molecule has 1 aromatic heterocycles. The van der Waals surface area contributed by atoms with Crippen LogP contribution in [0.3, 0.4) is 0 Å². The van der Waals surface area contributed by atoms with Crippen LogP contribution in [0.25, 0.3) is 16.5 Å². The summed E-state index contributed by atoms with van der Waals surface area (Å²) in [4.78, 5) is 14.7. The Bertz CT molecular complexity index is 848. The summed E-state index contributed by atoms with van der Waals surface area (Å²) >= 11 is 0. The second-order valence-corrected chi connectivity index (χ2v) is 6.75. The predicted molar refractivity (Wildman–Crippen MR) is 99.7 cm³/mol. The molecule has 2 aliphatic rings. The van der Waals surface area contributed by atoms with E-state index in [2.05, 4.69) is 34.3 Å². The highest BCUT2D eigenvalue weighted by molar-refractivity contribution is 5.98. The predicted octanol–water partition coefficient (Wildman–Crippen LogP) is 2.50. The summed E-state index contributed by atoms with van der Waals surface area (Å²) in [5.41, 5.74) is 3.54. The molecule has 1 aromatic carbocycles. The van der Waals surface area contributed by atoms with Crippen LogP contribution in [0.4, 0.5) is 0 Å². The molecule has 132 valence electrons. The number of nitrogens with zero attached hydrogens (tertiary/aromatic N) is 2. The van der Waals surface area contributed by atoms with Gasteiger partial charge in [-0.05, 0) is 37.6 Å². The molecule has 4 rings (SSSR count). The second kappa shape index (κ2) is 6.23. The average Bonchev–Trinajstić information content (AvgIpc) is 3.06. The van der Waals surface area contributed by atoms with Crippen LogP contribution in [0.5, 0.6) is 5.75 Å². The van der Waals surface area contributed by atoms with Crippen molar-refractivity contribution in [3.05, 3.63) is 36.0 Å². The summed E-state index contributed by atoms with van der Waals surface area (Å²) in [6.45, 7) is 7.15. The largest absolute Gasteiger partial charge is 0.496 e. The molecule has 5 heteroatoms. The molecule has 0 fully saturated rings. The lowest BCUT2D eigenvalue weighted by Crippen LogP contribution is -2.47. The smallest absolute Gasteiger partial charge is 0.230 e. The van der Waals surface area contributed by atoms with Gasteiger partial charge in [0.2, 0.25) is 5.91 Å². The number of nitrogens with one attached hydrogen (secondary N) is 1. The van der Waals surface area contributed by atoms with Gasteiger partial charge in [-0.15, -0.1) is 0 Å². The zero-order valence-electron chi connectivity index (χ0n) is 15.1. The molecule has 0 radical (unpaired) electrons. The molecule has 0 saturated carbocycles. The van der Waals surface area contributed by atoms with Crippen LogP contribution in [-0.2, 0) is 11.3 Å². The van der Waals surface area contributed by atoms with Crippen molar-refractivity contribution in [2.24, 2.45) is 5.92 Å². The third-order valence-corrected chi connectivity index (χ3v) is 5.51. The van der Waals surface area contributed by atoms with Gasteiger partial charge in [-0.25, -0.2) is 0 Å². The lowest BCUT2D eigenvalue weighted by Gasteiger charge is -2.36. The third kappa shape index (κ3) is 2.45. The summed E-state index contributed by atoms with van der Waals surface area (Å²) in [6, 6.07) is 6.50. The van der Waals surface area contributed by atoms with Crippen molar-refractivity contribution in [3.8, 4) is 5.75 Å². The SMILES string of the molecule is CCN(CC)C(=O)C1C=C2c3c(OC)ccc4ccn(c34)CC2NC1. The van der Waals surface area contributed by atoms with Gasteiger partial charge >= 0.3 is 0 Å². The number of carbonyl (C=O) groups excluding carboxylic acids is 1. The molecule has 25 heavy (non-hydrogen) atoms. The van der Waals surface area contributed by atoms with E-state index >= 15 is 0 Å². The van der Waals surface area contributed by atoms with Crippen LogP contribution < -0.4 is 10.1 Å². The van der Waals surface area contributed by atoms with Gasteiger partial charge in [-0.3, -0.25) is 4.79 Å². The lowest BCUT2D eigenvalue weighted by molar-refractivity contribution is -0.133. The Morgan fingerprint density at radius 1 is 1.32 bits per heavy atom. The molecule has 3 heterocycles. The van der Waals surface area contributed by atoms with Gasteiger partial charge in [0.1, 0.15) is 5.75 Å². The van der Waals surface area contributed by atoms with Crippen molar-refractivity contribution in [1.82, 2.24) is 14.8 Å². The summed E-state index contributed by atoms with van der Waals surface area (Å²) < 4.78 is 7.95. The van der Waals surface area contributed by atoms with Crippen LogP contribution in [0.15, 0.2) is 30.5 Å². The monoisotopic (exact) mass is 339 g/mol. The molecule has 2 aliphatic heterocycles. The van der Waals surface area contributed by atoms with Crippen molar-refractivity contribution in [2.75, 3.05) is 26.7 Å². The van der Waals surface area contributed by atoms with Gasteiger partial charge in [-0.2, -0.15) is 0 Å². The summed E-state index contributed by atoms with van der Waals surface area (Å²) in [5, 5.41) is 4.80. The number of hydrogen-bond acceptors (Lipinski definition) is 3. The second-order valence-electron chi connectivity index (χ2n) is 6.75. The fraction of sp³-hybridized carbons (Fsp3) is 0.450. The molecule has 2 aromatic rings. The highest BCUT2D eigenvalue weighted by atomic mass is 16.5. The van der Waals surface area contributed by atoms with Crippen molar-refractivity contribution >= 4 is 22.4 Å². The molecule has 0 spiro atoms. The first kappa shape index (κ1) is 16.2. The van der Waals surface area contributed by atoms with Crippen molar-refractivity contribution in [3.63, 3.8) is 0 Å². The molecule has 0 saturated heterocycles. The minimum atomic E-state index is -0.118. The van der Waals surface area contributed by atoms with Crippen LogP contribution in [0.1, 0.15) is 19.4 Å². The lowest BCUT2D eigenvalue weighted by atomic mass is 9.86. The van der Waals surface area contributed by atoms with E-state index in [1.807, 2.05) is 24.8 Å². The molecule has 1 N–H and O–H groups in total. The Kier molecular flexibility index (Phi) is 4.04. The maximum Gasteiger partial charge on any atom is 0.230 e.